The van der Waals surface area contributed by atoms with E-state index in [4.69, 9.17) is 11.6 Å². The van der Waals surface area contributed by atoms with Crippen molar-refractivity contribution in [2.45, 2.75) is 44.6 Å². The first-order valence-corrected chi connectivity index (χ1v) is 7.76. The molecule has 2 N–H and O–H groups in total. The van der Waals surface area contributed by atoms with Gasteiger partial charge in [0, 0.05) is 23.0 Å². The predicted octanol–water partition coefficient (Wildman–Crippen LogP) is 3.46. The first-order chi connectivity index (χ1) is 9.68. The average molecular weight is 296 g/mol. The molecular weight excluding hydrogens is 274 g/mol. The standard InChI is InChI=1S/C16H22ClNO2/c17-14-10-6-5-9-13(14)15(19)11-18-16(20)12-7-3-1-2-4-8-12/h5-6,9-10,12,15,19H,1-4,7-8,11H2,(H,18,20). The van der Waals surface area contributed by atoms with Crippen LogP contribution in [0.1, 0.15) is 50.2 Å². The monoisotopic (exact) mass is 295 g/mol. The van der Waals surface area contributed by atoms with Crippen LogP contribution in [-0.4, -0.2) is 17.6 Å². The van der Waals surface area contributed by atoms with Crippen molar-refractivity contribution in [3.05, 3.63) is 34.9 Å². The molecule has 2 rings (SSSR count). The summed E-state index contributed by atoms with van der Waals surface area (Å²) in [6.07, 6.45) is 5.90. The highest BCUT2D eigenvalue weighted by Crippen LogP contribution is 2.24. The van der Waals surface area contributed by atoms with E-state index in [1.54, 1.807) is 12.1 Å². The fraction of sp³-hybridized carbons (Fsp3) is 0.562. The largest absolute Gasteiger partial charge is 0.387 e. The normalized spacial score (nSPS) is 18.3. The summed E-state index contributed by atoms with van der Waals surface area (Å²) < 4.78 is 0. The van der Waals surface area contributed by atoms with E-state index >= 15 is 0 Å². The van der Waals surface area contributed by atoms with Crippen molar-refractivity contribution < 1.29 is 9.90 Å². The zero-order valence-corrected chi connectivity index (χ0v) is 12.4. The van der Waals surface area contributed by atoms with Gasteiger partial charge in [-0.15, -0.1) is 0 Å². The molecule has 1 fully saturated rings. The lowest BCUT2D eigenvalue weighted by molar-refractivity contribution is -0.125. The highest BCUT2D eigenvalue weighted by molar-refractivity contribution is 6.31. The number of halogens is 1. The molecule has 0 aromatic heterocycles. The third kappa shape index (κ3) is 4.22. The number of aliphatic hydroxyl groups excluding tert-OH is 1. The highest BCUT2D eigenvalue weighted by Gasteiger charge is 2.21. The van der Waals surface area contributed by atoms with Gasteiger partial charge in [-0.25, -0.2) is 0 Å². The Balaban J connectivity index is 1.85. The van der Waals surface area contributed by atoms with E-state index in [0.717, 1.165) is 25.7 Å². The molecule has 1 unspecified atom stereocenters. The minimum Gasteiger partial charge on any atom is -0.387 e. The molecule has 0 radical (unpaired) electrons. The molecule has 0 saturated heterocycles. The fourth-order valence-electron chi connectivity index (χ4n) is 2.74. The number of hydrogen-bond donors (Lipinski definition) is 2. The van der Waals surface area contributed by atoms with Crippen LogP contribution in [0.4, 0.5) is 0 Å². The second-order valence-corrected chi connectivity index (χ2v) is 5.88. The Hall–Kier alpha value is -1.06. The number of nitrogens with one attached hydrogen (secondary N) is 1. The van der Waals surface area contributed by atoms with Crippen LogP contribution >= 0.6 is 11.6 Å². The molecule has 1 amide bonds. The SMILES string of the molecule is O=C(NCC(O)c1ccccc1Cl)C1CCCCCC1. The van der Waals surface area contributed by atoms with Gasteiger partial charge in [-0.3, -0.25) is 4.79 Å². The van der Waals surface area contributed by atoms with Gasteiger partial charge < -0.3 is 10.4 Å². The molecule has 1 aromatic carbocycles. The summed E-state index contributed by atoms with van der Waals surface area (Å²) in [4.78, 5) is 12.1. The molecule has 4 heteroatoms. The van der Waals surface area contributed by atoms with Crippen molar-refractivity contribution >= 4 is 17.5 Å². The second-order valence-electron chi connectivity index (χ2n) is 5.47. The van der Waals surface area contributed by atoms with E-state index in [1.165, 1.54) is 12.8 Å². The van der Waals surface area contributed by atoms with E-state index in [1.807, 2.05) is 12.1 Å². The van der Waals surface area contributed by atoms with Gasteiger partial charge in [0.2, 0.25) is 5.91 Å². The molecule has 1 aliphatic carbocycles. The average Bonchev–Trinajstić information content (AvgIpc) is 2.74. The van der Waals surface area contributed by atoms with Crippen LogP contribution in [0.5, 0.6) is 0 Å². The third-order valence-electron chi connectivity index (χ3n) is 3.96. The third-order valence-corrected chi connectivity index (χ3v) is 4.30. The molecule has 0 aliphatic heterocycles. The summed E-state index contributed by atoms with van der Waals surface area (Å²) in [5.41, 5.74) is 0.662. The Bertz CT molecular complexity index is 442. The fourth-order valence-corrected chi connectivity index (χ4v) is 3.00. The zero-order valence-electron chi connectivity index (χ0n) is 11.6. The molecule has 3 nitrogen and oxygen atoms in total. The van der Waals surface area contributed by atoms with Crippen LogP contribution in [0.15, 0.2) is 24.3 Å². The first kappa shape index (κ1) is 15.3. The molecular formula is C16H22ClNO2. The quantitative estimate of drug-likeness (QED) is 0.836. The maximum Gasteiger partial charge on any atom is 0.223 e. The van der Waals surface area contributed by atoms with Gasteiger partial charge in [0.25, 0.3) is 0 Å². The van der Waals surface area contributed by atoms with Crippen LogP contribution in [0.3, 0.4) is 0 Å². The topological polar surface area (TPSA) is 49.3 Å². The van der Waals surface area contributed by atoms with Gasteiger partial charge >= 0.3 is 0 Å². The van der Waals surface area contributed by atoms with Crippen molar-refractivity contribution in [3.63, 3.8) is 0 Å². The number of hydrogen-bond acceptors (Lipinski definition) is 2. The summed E-state index contributed by atoms with van der Waals surface area (Å²) in [5.74, 6) is 0.175. The molecule has 0 heterocycles. The van der Waals surface area contributed by atoms with Crippen LogP contribution < -0.4 is 5.32 Å². The summed E-state index contributed by atoms with van der Waals surface area (Å²) in [5, 5.41) is 13.5. The first-order valence-electron chi connectivity index (χ1n) is 7.38. The summed E-state index contributed by atoms with van der Waals surface area (Å²) in [7, 11) is 0. The van der Waals surface area contributed by atoms with Gasteiger partial charge in [0.05, 0.1) is 6.10 Å². The van der Waals surface area contributed by atoms with Crippen molar-refractivity contribution in [3.8, 4) is 0 Å². The minimum absolute atomic E-state index is 0.0676. The molecule has 1 aromatic rings. The van der Waals surface area contributed by atoms with Crippen molar-refractivity contribution in [2.24, 2.45) is 5.92 Å². The van der Waals surface area contributed by atoms with E-state index in [2.05, 4.69) is 5.32 Å². The molecule has 20 heavy (non-hydrogen) atoms. The second kappa shape index (κ2) is 7.65. The molecule has 0 spiro atoms. The Morgan fingerprint density at radius 1 is 1.25 bits per heavy atom. The van der Waals surface area contributed by atoms with E-state index < -0.39 is 6.10 Å². The Labute approximate surface area is 125 Å². The number of carbonyl (C=O) groups excluding carboxylic acids is 1. The Morgan fingerprint density at radius 2 is 1.90 bits per heavy atom. The maximum absolute atomic E-state index is 12.1. The number of amides is 1. The molecule has 110 valence electrons. The smallest absolute Gasteiger partial charge is 0.223 e. The van der Waals surface area contributed by atoms with Gasteiger partial charge in [0.15, 0.2) is 0 Å². The van der Waals surface area contributed by atoms with Crippen molar-refractivity contribution in [1.29, 1.82) is 0 Å². The van der Waals surface area contributed by atoms with Crippen LogP contribution in [0.25, 0.3) is 0 Å². The molecule has 1 aliphatic rings. The van der Waals surface area contributed by atoms with E-state index in [-0.39, 0.29) is 18.4 Å². The Morgan fingerprint density at radius 3 is 2.55 bits per heavy atom. The molecule has 1 saturated carbocycles. The van der Waals surface area contributed by atoms with Gasteiger partial charge in [-0.05, 0) is 18.9 Å². The van der Waals surface area contributed by atoms with Crippen LogP contribution in [0.2, 0.25) is 5.02 Å². The van der Waals surface area contributed by atoms with E-state index in [0.29, 0.717) is 10.6 Å². The van der Waals surface area contributed by atoms with Gasteiger partial charge in [-0.2, -0.15) is 0 Å². The van der Waals surface area contributed by atoms with Crippen LogP contribution in [-0.2, 0) is 4.79 Å². The predicted molar refractivity (Wildman–Crippen MR) is 80.6 cm³/mol. The number of aliphatic hydroxyl groups is 1. The minimum atomic E-state index is -0.751. The van der Waals surface area contributed by atoms with Gasteiger partial charge in [-0.1, -0.05) is 55.5 Å². The lowest BCUT2D eigenvalue weighted by Crippen LogP contribution is -2.33. The van der Waals surface area contributed by atoms with E-state index in [9.17, 15) is 9.90 Å². The summed E-state index contributed by atoms with van der Waals surface area (Å²) in [6.45, 7) is 0.221. The van der Waals surface area contributed by atoms with Crippen molar-refractivity contribution in [2.75, 3.05) is 6.54 Å². The van der Waals surface area contributed by atoms with Gasteiger partial charge in [0.1, 0.15) is 0 Å². The number of carbonyl (C=O) groups is 1. The van der Waals surface area contributed by atoms with Crippen molar-refractivity contribution in [1.82, 2.24) is 5.32 Å². The maximum atomic E-state index is 12.1. The van der Waals surface area contributed by atoms with Crippen LogP contribution in [0, 0.1) is 5.92 Å². The number of benzene rings is 1. The lowest BCUT2D eigenvalue weighted by atomic mass is 9.99. The number of rotatable bonds is 4. The highest BCUT2D eigenvalue weighted by atomic mass is 35.5. The summed E-state index contributed by atoms with van der Waals surface area (Å²) >= 11 is 6.03. The Kier molecular flexibility index (Phi) is 5.86. The molecule has 0 bridgehead atoms. The lowest BCUT2D eigenvalue weighted by Gasteiger charge is -2.17. The summed E-state index contributed by atoms with van der Waals surface area (Å²) in [6, 6.07) is 7.18. The molecule has 1 atom stereocenters. The zero-order chi connectivity index (χ0) is 14.4.